The maximum absolute atomic E-state index is 5.91. The van der Waals surface area contributed by atoms with E-state index in [1.54, 1.807) is 0 Å². The summed E-state index contributed by atoms with van der Waals surface area (Å²) >= 11 is 0. The van der Waals surface area contributed by atoms with Crippen LogP contribution in [0.3, 0.4) is 0 Å². The van der Waals surface area contributed by atoms with Crippen LogP contribution in [0.5, 0.6) is 5.75 Å². The number of nitrogens with two attached hydrogens (primary N) is 1. The van der Waals surface area contributed by atoms with Crippen molar-refractivity contribution in [2.75, 3.05) is 26.2 Å². The topological polar surface area (TPSA) is 38.5 Å². The van der Waals surface area contributed by atoms with E-state index in [-0.39, 0.29) is 0 Å². The van der Waals surface area contributed by atoms with E-state index >= 15 is 0 Å². The first-order chi connectivity index (χ1) is 8.35. The third kappa shape index (κ3) is 2.99. The van der Waals surface area contributed by atoms with E-state index in [2.05, 4.69) is 17.0 Å². The molecule has 17 heavy (non-hydrogen) atoms. The molecule has 0 saturated carbocycles. The molecule has 1 saturated heterocycles. The first-order valence-corrected chi connectivity index (χ1v) is 6.52. The normalized spacial score (nSPS) is 18.2. The van der Waals surface area contributed by atoms with Gasteiger partial charge in [-0.1, -0.05) is 12.1 Å². The lowest BCUT2D eigenvalue weighted by atomic mass is 10.1. The van der Waals surface area contributed by atoms with E-state index in [9.17, 15) is 0 Å². The zero-order valence-electron chi connectivity index (χ0n) is 10.6. The highest BCUT2D eigenvalue weighted by Gasteiger charge is 2.21. The molecule has 1 aliphatic heterocycles. The molecule has 1 heterocycles. The number of likely N-dealkylation sites (tertiary alicyclic amines) is 1. The third-order valence-corrected chi connectivity index (χ3v) is 3.38. The first-order valence-electron chi connectivity index (χ1n) is 6.52. The first kappa shape index (κ1) is 12.4. The average Bonchev–Trinajstić information content (AvgIpc) is 2.86. The van der Waals surface area contributed by atoms with Gasteiger partial charge in [0.25, 0.3) is 0 Å². The van der Waals surface area contributed by atoms with Crippen molar-refractivity contribution in [3.8, 4) is 5.75 Å². The molecule has 1 fully saturated rings. The fraction of sp³-hybridized carbons (Fsp3) is 0.571. The second-order valence-electron chi connectivity index (χ2n) is 4.50. The smallest absolute Gasteiger partial charge is 0.119 e. The average molecular weight is 234 g/mol. The van der Waals surface area contributed by atoms with Crippen LogP contribution >= 0.6 is 0 Å². The molecule has 2 rings (SSSR count). The van der Waals surface area contributed by atoms with Gasteiger partial charge >= 0.3 is 0 Å². The van der Waals surface area contributed by atoms with Crippen molar-refractivity contribution >= 4 is 0 Å². The van der Waals surface area contributed by atoms with Crippen molar-refractivity contribution in [2.45, 2.75) is 25.8 Å². The minimum absolute atomic E-state index is 0.369. The lowest BCUT2D eigenvalue weighted by molar-refractivity contribution is 0.251. The van der Waals surface area contributed by atoms with Crippen LogP contribution in [0.2, 0.25) is 0 Å². The Morgan fingerprint density at radius 3 is 2.41 bits per heavy atom. The predicted octanol–water partition coefficient (Wildman–Crippen LogP) is 2.18. The molecule has 3 nitrogen and oxygen atoms in total. The van der Waals surface area contributed by atoms with E-state index in [4.69, 9.17) is 10.5 Å². The van der Waals surface area contributed by atoms with E-state index in [0.29, 0.717) is 19.2 Å². The predicted molar refractivity (Wildman–Crippen MR) is 70.2 cm³/mol. The molecule has 2 N–H and O–H groups in total. The van der Waals surface area contributed by atoms with Crippen LogP contribution in [0, 0.1) is 0 Å². The zero-order chi connectivity index (χ0) is 12.1. The van der Waals surface area contributed by atoms with Gasteiger partial charge in [0.05, 0.1) is 6.61 Å². The lowest BCUT2D eigenvalue weighted by Crippen LogP contribution is -2.31. The maximum Gasteiger partial charge on any atom is 0.119 e. The largest absolute Gasteiger partial charge is 0.494 e. The summed E-state index contributed by atoms with van der Waals surface area (Å²) in [7, 11) is 0. The van der Waals surface area contributed by atoms with Crippen LogP contribution in [-0.2, 0) is 0 Å². The molecular formula is C14H22N2O. The molecule has 1 aromatic carbocycles. The molecule has 3 heteroatoms. The van der Waals surface area contributed by atoms with Crippen LogP contribution in [-0.4, -0.2) is 31.1 Å². The fourth-order valence-electron chi connectivity index (χ4n) is 2.50. The number of rotatable bonds is 5. The molecule has 0 bridgehead atoms. The van der Waals surface area contributed by atoms with Crippen molar-refractivity contribution in [1.82, 2.24) is 4.90 Å². The van der Waals surface area contributed by atoms with E-state index < -0.39 is 0 Å². The number of ether oxygens (including phenoxy) is 1. The summed E-state index contributed by atoms with van der Waals surface area (Å²) in [6.45, 7) is 5.75. The Morgan fingerprint density at radius 2 is 1.88 bits per heavy atom. The van der Waals surface area contributed by atoms with Gasteiger partial charge in [-0.15, -0.1) is 0 Å². The molecule has 1 aromatic rings. The number of hydrogen-bond acceptors (Lipinski definition) is 3. The summed E-state index contributed by atoms with van der Waals surface area (Å²) in [6, 6.07) is 8.73. The molecular weight excluding hydrogens is 212 g/mol. The van der Waals surface area contributed by atoms with Gasteiger partial charge in [0.15, 0.2) is 0 Å². The van der Waals surface area contributed by atoms with Gasteiger partial charge in [-0.3, -0.25) is 4.90 Å². The molecule has 0 aliphatic carbocycles. The summed E-state index contributed by atoms with van der Waals surface area (Å²) in [5.74, 6) is 0.938. The standard InChI is InChI=1S/C14H22N2O/c1-2-17-13-7-5-12(6-8-13)14(11-15)16-9-3-4-10-16/h5-8,14H,2-4,9-11,15H2,1H3. The van der Waals surface area contributed by atoms with Crippen molar-refractivity contribution in [3.05, 3.63) is 29.8 Å². The summed E-state index contributed by atoms with van der Waals surface area (Å²) in [4.78, 5) is 2.48. The van der Waals surface area contributed by atoms with Crippen LogP contribution in [0.25, 0.3) is 0 Å². The Hall–Kier alpha value is -1.06. The lowest BCUT2D eigenvalue weighted by Gasteiger charge is -2.26. The Balaban J connectivity index is 2.07. The SMILES string of the molecule is CCOc1ccc(C(CN)N2CCCC2)cc1. The third-order valence-electron chi connectivity index (χ3n) is 3.38. The number of benzene rings is 1. The van der Waals surface area contributed by atoms with Crippen molar-refractivity contribution in [1.29, 1.82) is 0 Å². The van der Waals surface area contributed by atoms with E-state index in [1.807, 2.05) is 19.1 Å². The van der Waals surface area contributed by atoms with Gasteiger partial charge in [0, 0.05) is 12.6 Å². The van der Waals surface area contributed by atoms with Crippen molar-refractivity contribution in [2.24, 2.45) is 5.73 Å². The number of hydrogen-bond donors (Lipinski definition) is 1. The van der Waals surface area contributed by atoms with Gasteiger partial charge in [-0.05, 0) is 50.6 Å². The Morgan fingerprint density at radius 1 is 1.24 bits per heavy atom. The second-order valence-corrected chi connectivity index (χ2v) is 4.50. The van der Waals surface area contributed by atoms with Gasteiger partial charge in [-0.2, -0.15) is 0 Å². The monoisotopic (exact) mass is 234 g/mol. The summed E-state index contributed by atoms with van der Waals surface area (Å²) in [5.41, 5.74) is 7.21. The van der Waals surface area contributed by atoms with E-state index in [1.165, 1.54) is 31.5 Å². The molecule has 1 atom stereocenters. The fourth-order valence-corrected chi connectivity index (χ4v) is 2.50. The molecule has 94 valence electrons. The molecule has 1 aliphatic rings. The van der Waals surface area contributed by atoms with Crippen molar-refractivity contribution in [3.63, 3.8) is 0 Å². The second kappa shape index (κ2) is 6.03. The molecule has 0 amide bonds. The Labute approximate surface area is 104 Å². The minimum Gasteiger partial charge on any atom is -0.494 e. The van der Waals surface area contributed by atoms with Gasteiger partial charge in [-0.25, -0.2) is 0 Å². The van der Waals surface area contributed by atoms with Crippen LogP contribution in [0.1, 0.15) is 31.4 Å². The molecule has 1 unspecified atom stereocenters. The quantitative estimate of drug-likeness (QED) is 0.848. The van der Waals surface area contributed by atoms with Gasteiger partial charge < -0.3 is 10.5 Å². The van der Waals surface area contributed by atoms with Gasteiger partial charge in [0.2, 0.25) is 0 Å². The van der Waals surface area contributed by atoms with Gasteiger partial charge in [0.1, 0.15) is 5.75 Å². The Bertz CT molecular complexity index is 331. The molecule has 0 aromatic heterocycles. The van der Waals surface area contributed by atoms with Crippen LogP contribution in [0.4, 0.5) is 0 Å². The van der Waals surface area contributed by atoms with E-state index in [0.717, 1.165) is 5.75 Å². The summed E-state index contributed by atoms with van der Waals surface area (Å²) in [5, 5.41) is 0. The molecule has 0 spiro atoms. The van der Waals surface area contributed by atoms with Crippen LogP contribution in [0.15, 0.2) is 24.3 Å². The number of nitrogens with zero attached hydrogens (tertiary/aromatic N) is 1. The highest BCUT2D eigenvalue weighted by molar-refractivity contribution is 5.29. The van der Waals surface area contributed by atoms with Crippen molar-refractivity contribution < 1.29 is 4.74 Å². The minimum atomic E-state index is 0.369. The maximum atomic E-state index is 5.91. The zero-order valence-corrected chi connectivity index (χ0v) is 10.6. The highest BCUT2D eigenvalue weighted by Crippen LogP contribution is 2.25. The summed E-state index contributed by atoms with van der Waals surface area (Å²) in [6.07, 6.45) is 2.60. The Kier molecular flexibility index (Phi) is 4.40. The summed E-state index contributed by atoms with van der Waals surface area (Å²) < 4.78 is 5.45. The highest BCUT2D eigenvalue weighted by atomic mass is 16.5. The molecule has 0 radical (unpaired) electrons. The van der Waals surface area contributed by atoms with Crippen LogP contribution < -0.4 is 10.5 Å².